The van der Waals surface area contributed by atoms with E-state index in [1.54, 1.807) is 12.1 Å². The molecule has 2 atom stereocenters. The predicted molar refractivity (Wildman–Crippen MR) is 92.6 cm³/mol. The molecule has 2 unspecified atom stereocenters. The highest BCUT2D eigenvalue weighted by atomic mass is 32.2. The number of carbonyl (C=O) groups is 2. The molecular weight excluding hydrogens is 330 g/mol. The number of carboxylic acid groups (broad SMARTS) is 1. The van der Waals surface area contributed by atoms with Crippen LogP contribution in [-0.4, -0.2) is 36.9 Å². The van der Waals surface area contributed by atoms with Crippen molar-refractivity contribution < 1.29 is 23.1 Å². The van der Waals surface area contributed by atoms with E-state index in [0.29, 0.717) is 5.56 Å². The van der Waals surface area contributed by atoms with Gasteiger partial charge in [0, 0.05) is 6.26 Å². The minimum atomic E-state index is -3.54. The van der Waals surface area contributed by atoms with Crippen LogP contribution in [0.5, 0.6) is 0 Å². The number of carboxylic acids is 1. The Bertz CT molecular complexity index is 701. The van der Waals surface area contributed by atoms with Crippen molar-refractivity contribution in [3.05, 3.63) is 35.4 Å². The maximum atomic E-state index is 12.1. The van der Waals surface area contributed by atoms with E-state index in [1.807, 2.05) is 12.1 Å². The van der Waals surface area contributed by atoms with Gasteiger partial charge in [-0.3, -0.25) is 9.59 Å². The van der Waals surface area contributed by atoms with Crippen molar-refractivity contribution in [3.8, 4) is 0 Å². The summed E-state index contributed by atoms with van der Waals surface area (Å²) < 4.78 is 23.0. The van der Waals surface area contributed by atoms with Gasteiger partial charge in [-0.25, -0.2) is 8.42 Å². The van der Waals surface area contributed by atoms with Crippen LogP contribution in [0.25, 0.3) is 0 Å². The van der Waals surface area contributed by atoms with E-state index in [-0.39, 0.29) is 11.8 Å². The molecule has 0 aliphatic rings. The van der Waals surface area contributed by atoms with E-state index in [9.17, 15) is 18.0 Å². The van der Waals surface area contributed by atoms with E-state index in [0.717, 1.165) is 11.8 Å². The molecule has 1 aromatic rings. The molecule has 0 bridgehead atoms. The van der Waals surface area contributed by atoms with Crippen molar-refractivity contribution >= 4 is 21.7 Å². The van der Waals surface area contributed by atoms with Gasteiger partial charge in [-0.05, 0) is 23.5 Å². The van der Waals surface area contributed by atoms with Crippen molar-refractivity contribution in [2.45, 2.75) is 50.8 Å². The second-order valence-electron chi connectivity index (χ2n) is 7.00. The Hall–Kier alpha value is -1.89. The molecule has 2 N–H and O–H groups in total. The summed E-state index contributed by atoms with van der Waals surface area (Å²) in [4.78, 5) is 23.2. The van der Waals surface area contributed by atoms with E-state index in [1.165, 1.54) is 6.92 Å². The zero-order valence-electron chi connectivity index (χ0n) is 14.7. The molecule has 1 amide bonds. The van der Waals surface area contributed by atoms with Crippen molar-refractivity contribution in [3.63, 3.8) is 0 Å². The van der Waals surface area contributed by atoms with Crippen LogP contribution in [0.2, 0.25) is 0 Å². The summed E-state index contributed by atoms with van der Waals surface area (Å²) in [6.45, 7) is 7.47. The Morgan fingerprint density at radius 2 is 1.67 bits per heavy atom. The summed E-state index contributed by atoms with van der Waals surface area (Å²) in [7, 11) is -3.54. The largest absolute Gasteiger partial charge is 0.481 e. The second-order valence-corrected chi connectivity index (χ2v) is 9.37. The molecule has 0 saturated carbocycles. The summed E-state index contributed by atoms with van der Waals surface area (Å²) in [5, 5.41) is 10.4. The molecule has 0 aromatic heterocycles. The molecule has 0 heterocycles. The third kappa shape index (κ3) is 5.63. The van der Waals surface area contributed by atoms with Crippen LogP contribution >= 0.6 is 0 Å². The SMILES string of the molecule is CC(C(=O)NC(CC(=O)O)c1ccc(C(C)(C)C)cc1)S(C)(=O)=O. The lowest BCUT2D eigenvalue weighted by Gasteiger charge is -2.22. The lowest BCUT2D eigenvalue weighted by atomic mass is 9.86. The average Bonchev–Trinajstić information content (AvgIpc) is 2.43. The maximum absolute atomic E-state index is 12.1. The first-order valence-electron chi connectivity index (χ1n) is 7.64. The number of nitrogens with one attached hydrogen (secondary N) is 1. The Morgan fingerprint density at radius 3 is 2.04 bits per heavy atom. The molecule has 7 heteroatoms. The minimum Gasteiger partial charge on any atom is -0.481 e. The molecule has 1 aromatic carbocycles. The van der Waals surface area contributed by atoms with E-state index in [4.69, 9.17) is 5.11 Å². The van der Waals surface area contributed by atoms with Crippen LogP contribution in [0.1, 0.15) is 51.3 Å². The van der Waals surface area contributed by atoms with Crippen LogP contribution in [0.4, 0.5) is 0 Å². The fourth-order valence-corrected chi connectivity index (χ4v) is 2.58. The summed E-state index contributed by atoms with van der Waals surface area (Å²) in [5.74, 6) is -1.78. The van der Waals surface area contributed by atoms with Crippen LogP contribution in [0.15, 0.2) is 24.3 Å². The monoisotopic (exact) mass is 355 g/mol. The van der Waals surface area contributed by atoms with Gasteiger partial charge in [0.25, 0.3) is 0 Å². The summed E-state index contributed by atoms with van der Waals surface area (Å²) in [5.41, 5.74) is 1.66. The van der Waals surface area contributed by atoms with Crippen molar-refractivity contribution in [2.75, 3.05) is 6.26 Å². The fraction of sp³-hybridized carbons (Fsp3) is 0.529. The number of benzene rings is 1. The average molecular weight is 355 g/mol. The molecule has 6 nitrogen and oxygen atoms in total. The first-order chi connectivity index (χ1) is 10.8. The molecule has 0 spiro atoms. The Morgan fingerprint density at radius 1 is 1.17 bits per heavy atom. The van der Waals surface area contributed by atoms with Gasteiger partial charge in [0.15, 0.2) is 9.84 Å². The summed E-state index contributed by atoms with van der Waals surface area (Å²) in [6.07, 6.45) is 0.651. The van der Waals surface area contributed by atoms with E-state index < -0.39 is 33.0 Å². The molecule has 0 radical (unpaired) electrons. The van der Waals surface area contributed by atoms with Gasteiger partial charge in [0.1, 0.15) is 5.25 Å². The maximum Gasteiger partial charge on any atom is 0.305 e. The zero-order chi connectivity index (χ0) is 18.7. The highest BCUT2D eigenvalue weighted by Gasteiger charge is 2.27. The topological polar surface area (TPSA) is 101 Å². The van der Waals surface area contributed by atoms with Crippen LogP contribution in [0.3, 0.4) is 0 Å². The molecule has 24 heavy (non-hydrogen) atoms. The van der Waals surface area contributed by atoms with Gasteiger partial charge < -0.3 is 10.4 Å². The van der Waals surface area contributed by atoms with Crippen LogP contribution in [-0.2, 0) is 24.8 Å². The van der Waals surface area contributed by atoms with Crippen LogP contribution < -0.4 is 5.32 Å². The number of hydrogen-bond acceptors (Lipinski definition) is 4. The highest BCUT2D eigenvalue weighted by molar-refractivity contribution is 7.92. The highest BCUT2D eigenvalue weighted by Crippen LogP contribution is 2.25. The van der Waals surface area contributed by atoms with Gasteiger partial charge in [-0.1, -0.05) is 45.0 Å². The third-order valence-corrected chi connectivity index (χ3v) is 5.38. The number of carbonyl (C=O) groups excluding carboxylic acids is 1. The molecule has 134 valence electrons. The molecule has 0 saturated heterocycles. The lowest BCUT2D eigenvalue weighted by Crippen LogP contribution is -2.40. The minimum absolute atomic E-state index is 0.0468. The summed E-state index contributed by atoms with van der Waals surface area (Å²) in [6, 6.07) is 6.51. The number of aliphatic carboxylic acids is 1. The van der Waals surface area contributed by atoms with Gasteiger partial charge in [0.05, 0.1) is 12.5 Å². The predicted octanol–water partition coefficient (Wildman–Crippen LogP) is 2.05. The first kappa shape index (κ1) is 20.2. The smallest absolute Gasteiger partial charge is 0.305 e. The first-order valence-corrected chi connectivity index (χ1v) is 9.59. The molecular formula is C17H25NO5S. The quantitative estimate of drug-likeness (QED) is 0.813. The van der Waals surface area contributed by atoms with Gasteiger partial charge >= 0.3 is 5.97 Å². The van der Waals surface area contributed by atoms with Gasteiger partial charge in [0.2, 0.25) is 5.91 Å². The Balaban J connectivity index is 3.05. The molecule has 1 rings (SSSR count). The molecule has 0 aliphatic carbocycles. The van der Waals surface area contributed by atoms with Crippen molar-refractivity contribution in [1.29, 1.82) is 0 Å². The lowest BCUT2D eigenvalue weighted by molar-refractivity contribution is -0.137. The molecule has 0 aliphatic heterocycles. The normalized spacial score (nSPS) is 14.7. The zero-order valence-corrected chi connectivity index (χ0v) is 15.5. The van der Waals surface area contributed by atoms with Crippen LogP contribution in [0, 0.1) is 0 Å². The standard InChI is InChI=1S/C17H25NO5S/c1-11(24(5,22)23)16(21)18-14(10-15(19)20)12-6-8-13(9-7-12)17(2,3)4/h6-9,11,14H,10H2,1-5H3,(H,18,21)(H,19,20). The Labute approximate surface area is 143 Å². The summed E-state index contributed by atoms with van der Waals surface area (Å²) >= 11 is 0. The van der Waals surface area contributed by atoms with E-state index in [2.05, 4.69) is 26.1 Å². The van der Waals surface area contributed by atoms with Crippen molar-refractivity contribution in [1.82, 2.24) is 5.32 Å². The Kier molecular flexibility index (Phi) is 6.16. The number of hydrogen-bond donors (Lipinski definition) is 2. The molecule has 0 fully saturated rings. The van der Waals surface area contributed by atoms with Gasteiger partial charge in [-0.2, -0.15) is 0 Å². The van der Waals surface area contributed by atoms with Crippen molar-refractivity contribution in [2.24, 2.45) is 0 Å². The number of sulfone groups is 1. The second kappa shape index (κ2) is 7.34. The third-order valence-electron chi connectivity index (χ3n) is 3.89. The number of amides is 1. The van der Waals surface area contributed by atoms with E-state index >= 15 is 0 Å². The number of rotatable bonds is 6. The fourth-order valence-electron chi connectivity index (χ4n) is 2.13. The van der Waals surface area contributed by atoms with Gasteiger partial charge in [-0.15, -0.1) is 0 Å².